The van der Waals surface area contributed by atoms with Crippen molar-refractivity contribution in [2.24, 2.45) is 0 Å². The minimum absolute atomic E-state index is 0.850. The molecule has 0 saturated heterocycles. The number of hydrogen-bond acceptors (Lipinski definition) is 4. The zero-order valence-electron chi connectivity index (χ0n) is 10.4. The summed E-state index contributed by atoms with van der Waals surface area (Å²) in [5.74, 6) is 0.850. The number of likely N-dealkylation sites (N-methyl/N-ethyl adjacent to an activating group) is 1. The molecule has 0 radical (unpaired) electrons. The van der Waals surface area contributed by atoms with Crippen molar-refractivity contribution in [2.75, 3.05) is 13.6 Å². The van der Waals surface area contributed by atoms with Crippen LogP contribution >= 0.6 is 11.3 Å². The number of nitrogens with one attached hydrogen (secondary N) is 1. The van der Waals surface area contributed by atoms with Crippen LogP contribution in [0.15, 0.2) is 17.5 Å². The molecule has 2 aromatic heterocycles. The fraction of sp³-hybridized carbons (Fsp3) is 0.385. The predicted molar refractivity (Wildman–Crippen MR) is 72.4 cm³/mol. The van der Waals surface area contributed by atoms with Gasteiger partial charge in [0, 0.05) is 11.4 Å². The van der Waals surface area contributed by atoms with E-state index in [9.17, 15) is 0 Å². The predicted octanol–water partition coefficient (Wildman–Crippen LogP) is 2.58. The average Bonchev–Trinajstić information content (AvgIpc) is 2.81. The van der Waals surface area contributed by atoms with Crippen molar-refractivity contribution < 1.29 is 0 Å². The number of hydrogen-bond donors (Lipinski definition) is 1. The van der Waals surface area contributed by atoms with E-state index in [0.29, 0.717) is 0 Å². The standard InChI is InChI=1S/C13H17N3S/c1-9-11(6-7-14-3)10(2)16-13(15-9)12-5-4-8-17-12/h4-5,8,14H,6-7H2,1-3H3. The summed E-state index contributed by atoms with van der Waals surface area (Å²) in [6.07, 6.45) is 0.985. The van der Waals surface area contributed by atoms with E-state index in [1.165, 1.54) is 5.56 Å². The van der Waals surface area contributed by atoms with Gasteiger partial charge in [-0.15, -0.1) is 11.3 Å². The highest BCUT2D eigenvalue weighted by Crippen LogP contribution is 2.23. The Morgan fingerprint density at radius 2 is 1.94 bits per heavy atom. The van der Waals surface area contributed by atoms with Crippen LogP contribution in [0.3, 0.4) is 0 Å². The zero-order valence-corrected chi connectivity index (χ0v) is 11.3. The Labute approximate surface area is 106 Å². The second kappa shape index (κ2) is 5.38. The Hall–Kier alpha value is -1.26. The van der Waals surface area contributed by atoms with Crippen molar-refractivity contribution in [1.29, 1.82) is 0 Å². The van der Waals surface area contributed by atoms with Gasteiger partial charge in [0.15, 0.2) is 5.82 Å². The molecule has 0 unspecified atom stereocenters. The Balaban J connectivity index is 2.35. The van der Waals surface area contributed by atoms with Gasteiger partial charge in [-0.3, -0.25) is 0 Å². The van der Waals surface area contributed by atoms with Crippen molar-refractivity contribution in [3.05, 3.63) is 34.5 Å². The van der Waals surface area contributed by atoms with Crippen molar-refractivity contribution in [3.63, 3.8) is 0 Å². The van der Waals surface area contributed by atoms with Gasteiger partial charge in [-0.1, -0.05) is 6.07 Å². The molecule has 3 nitrogen and oxygen atoms in total. The van der Waals surface area contributed by atoms with E-state index in [0.717, 1.165) is 35.1 Å². The van der Waals surface area contributed by atoms with Crippen LogP contribution in [-0.4, -0.2) is 23.6 Å². The molecule has 0 aromatic carbocycles. The van der Waals surface area contributed by atoms with Crippen molar-refractivity contribution in [2.45, 2.75) is 20.3 Å². The summed E-state index contributed by atoms with van der Waals surface area (Å²) in [5, 5.41) is 5.21. The van der Waals surface area contributed by atoms with Crippen LogP contribution < -0.4 is 5.32 Å². The van der Waals surface area contributed by atoms with E-state index in [4.69, 9.17) is 0 Å². The summed E-state index contributed by atoms with van der Waals surface area (Å²) in [6, 6.07) is 4.09. The molecule has 1 N–H and O–H groups in total. The fourth-order valence-corrected chi connectivity index (χ4v) is 2.52. The van der Waals surface area contributed by atoms with Gasteiger partial charge < -0.3 is 5.32 Å². The monoisotopic (exact) mass is 247 g/mol. The van der Waals surface area contributed by atoms with Crippen LogP contribution in [0.4, 0.5) is 0 Å². The number of thiophene rings is 1. The minimum atomic E-state index is 0.850. The maximum Gasteiger partial charge on any atom is 0.169 e. The molecule has 0 fully saturated rings. The summed E-state index contributed by atoms with van der Waals surface area (Å²) < 4.78 is 0. The molecule has 0 aliphatic carbocycles. The third-order valence-electron chi connectivity index (χ3n) is 2.79. The zero-order chi connectivity index (χ0) is 12.3. The summed E-state index contributed by atoms with van der Waals surface area (Å²) >= 11 is 1.68. The molecule has 17 heavy (non-hydrogen) atoms. The third kappa shape index (κ3) is 2.70. The molecule has 0 spiro atoms. The van der Waals surface area contributed by atoms with Gasteiger partial charge >= 0.3 is 0 Å². The van der Waals surface area contributed by atoms with E-state index in [1.807, 2.05) is 13.1 Å². The normalized spacial score (nSPS) is 10.8. The number of nitrogens with zero attached hydrogens (tertiary/aromatic N) is 2. The van der Waals surface area contributed by atoms with Crippen molar-refractivity contribution in [3.8, 4) is 10.7 Å². The molecule has 0 aliphatic heterocycles. The molecule has 0 amide bonds. The minimum Gasteiger partial charge on any atom is -0.319 e. The molecule has 0 saturated carbocycles. The molecule has 4 heteroatoms. The lowest BCUT2D eigenvalue weighted by molar-refractivity contribution is 0.775. The van der Waals surface area contributed by atoms with Crippen LogP contribution in [0.25, 0.3) is 10.7 Å². The van der Waals surface area contributed by atoms with Gasteiger partial charge in [0.05, 0.1) is 4.88 Å². The van der Waals surface area contributed by atoms with Crippen molar-refractivity contribution in [1.82, 2.24) is 15.3 Å². The summed E-state index contributed by atoms with van der Waals surface area (Å²) in [7, 11) is 1.96. The lowest BCUT2D eigenvalue weighted by atomic mass is 10.1. The maximum absolute atomic E-state index is 4.60. The molecule has 2 heterocycles. The second-order valence-electron chi connectivity index (χ2n) is 4.03. The first-order chi connectivity index (χ1) is 8.22. The van der Waals surface area contributed by atoms with Crippen molar-refractivity contribution >= 4 is 11.3 Å². The van der Waals surface area contributed by atoms with Crippen LogP contribution in [0, 0.1) is 13.8 Å². The van der Waals surface area contributed by atoms with Gasteiger partial charge in [0.2, 0.25) is 0 Å². The van der Waals surface area contributed by atoms with Gasteiger partial charge in [-0.2, -0.15) is 0 Å². The molecule has 90 valence electrons. The first-order valence-electron chi connectivity index (χ1n) is 5.75. The largest absolute Gasteiger partial charge is 0.319 e. The lowest BCUT2D eigenvalue weighted by Crippen LogP contribution is -2.13. The highest BCUT2D eigenvalue weighted by Gasteiger charge is 2.09. The number of aromatic nitrogens is 2. The highest BCUT2D eigenvalue weighted by molar-refractivity contribution is 7.13. The van der Waals surface area contributed by atoms with E-state index in [2.05, 4.69) is 40.6 Å². The molecule has 2 rings (SSSR count). The first kappa shape index (κ1) is 12.2. The smallest absolute Gasteiger partial charge is 0.169 e. The first-order valence-corrected chi connectivity index (χ1v) is 6.63. The summed E-state index contributed by atoms with van der Waals surface area (Å²) in [4.78, 5) is 10.3. The fourth-order valence-electron chi connectivity index (χ4n) is 1.87. The number of rotatable bonds is 4. The van der Waals surface area contributed by atoms with Gasteiger partial charge in [0.25, 0.3) is 0 Å². The molecule has 0 aliphatic rings. The highest BCUT2D eigenvalue weighted by atomic mass is 32.1. The van der Waals surface area contributed by atoms with E-state index < -0.39 is 0 Å². The molecule has 0 bridgehead atoms. The Morgan fingerprint density at radius 1 is 1.24 bits per heavy atom. The average molecular weight is 247 g/mol. The quantitative estimate of drug-likeness (QED) is 0.902. The van der Waals surface area contributed by atoms with Gasteiger partial charge in [-0.05, 0) is 50.9 Å². The summed E-state index contributed by atoms with van der Waals surface area (Å²) in [6.45, 7) is 5.09. The maximum atomic E-state index is 4.60. The molecular formula is C13H17N3S. The molecule has 2 aromatic rings. The van der Waals surface area contributed by atoms with Crippen LogP contribution in [0.1, 0.15) is 17.0 Å². The topological polar surface area (TPSA) is 37.8 Å². The Morgan fingerprint density at radius 3 is 2.47 bits per heavy atom. The van der Waals surface area contributed by atoms with E-state index >= 15 is 0 Å². The second-order valence-corrected chi connectivity index (χ2v) is 4.98. The van der Waals surface area contributed by atoms with Crippen LogP contribution in [-0.2, 0) is 6.42 Å². The third-order valence-corrected chi connectivity index (χ3v) is 3.65. The van der Waals surface area contributed by atoms with Gasteiger partial charge in [0.1, 0.15) is 0 Å². The molecule has 0 atom stereocenters. The van der Waals surface area contributed by atoms with Crippen LogP contribution in [0.5, 0.6) is 0 Å². The molecular weight excluding hydrogens is 230 g/mol. The summed E-state index contributed by atoms with van der Waals surface area (Å²) in [5.41, 5.74) is 3.45. The van der Waals surface area contributed by atoms with E-state index in [-0.39, 0.29) is 0 Å². The Kier molecular flexibility index (Phi) is 3.86. The lowest BCUT2D eigenvalue weighted by Gasteiger charge is -2.09. The Bertz CT molecular complexity index is 468. The SMILES string of the molecule is CNCCc1c(C)nc(-c2cccs2)nc1C. The van der Waals surface area contributed by atoms with E-state index in [1.54, 1.807) is 11.3 Å². The van der Waals surface area contributed by atoms with Crippen LogP contribution in [0.2, 0.25) is 0 Å². The number of aryl methyl sites for hydroxylation is 2. The van der Waals surface area contributed by atoms with Gasteiger partial charge in [-0.25, -0.2) is 9.97 Å².